The predicted molar refractivity (Wildman–Crippen MR) is 145 cm³/mol. The fourth-order valence-electron chi connectivity index (χ4n) is 4.57. The van der Waals surface area contributed by atoms with Gasteiger partial charge in [0, 0.05) is 17.8 Å². The molecule has 1 aliphatic rings. The van der Waals surface area contributed by atoms with Gasteiger partial charge in [-0.05, 0) is 49.2 Å². The molecule has 1 fully saturated rings. The van der Waals surface area contributed by atoms with Gasteiger partial charge in [-0.3, -0.25) is 11.6 Å². The molecule has 2 heterocycles. The van der Waals surface area contributed by atoms with Gasteiger partial charge in [0.2, 0.25) is 0 Å². The van der Waals surface area contributed by atoms with Crippen LogP contribution in [-0.2, 0) is 9.53 Å². The Bertz CT molecular complexity index is 1370. The Hall–Kier alpha value is -3.43. The van der Waals surface area contributed by atoms with E-state index in [2.05, 4.69) is 45.9 Å². The Balaban J connectivity index is 0.00000210. The molecule has 9 heteroatoms. The Kier molecular flexibility index (Phi) is 10.5. The normalized spacial score (nSPS) is 15.0. The van der Waals surface area contributed by atoms with E-state index in [-0.39, 0.29) is 41.0 Å². The number of benzene rings is 3. The number of aryl methyl sites for hydroxylation is 1. The number of rotatable bonds is 7. The van der Waals surface area contributed by atoms with Gasteiger partial charge in [-0.25, -0.2) is 4.79 Å². The van der Waals surface area contributed by atoms with Gasteiger partial charge < -0.3 is 24.4 Å². The third-order valence-corrected chi connectivity index (χ3v) is 6.71. The van der Waals surface area contributed by atoms with E-state index in [4.69, 9.17) is 9.26 Å². The van der Waals surface area contributed by atoms with Gasteiger partial charge in [0.25, 0.3) is 0 Å². The summed E-state index contributed by atoms with van der Waals surface area (Å²) in [5.74, 6) is 0.472. The summed E-state index contributed by atoms with van der Waals surface area (Å²) in [7, 11) is 0. The maximum atomic E-state index is 12.6. The SMILES string of the molecule is Cc1noc(-c2ccc(-c3ccc(N4CC[C@@H]([C-]=O)C4)cc3)cc2)c1NC(=O)O[C@H](C)c1ccccc1.[Na+].[OH-]. The van der Waals surface area contributed by atoms with Crippen molar-refractivity contribution in [2.45, 2.75) is 26.4 Å². The van der Waals surface area contributed by atoms with Crippen LogP contribution in [-0.4, -0.2) is 36.1 Å². The second-order valence-electron chi connectivity index (χ2n) is 9.23. The molecule has 3 aromatic carbocycles. The fourth-order valence-corrected chi connectivity index (χ4v) is 4.57. The number of aromatic nitrogens is 1. The first kappa shape index (κ1) is 30.1. The largest absolute Gasteiger partial charge is 1.00 e. The Morgan fingerprint density at radius 1 is 1.03 bits per heavy atom. The van der Waals surface area contributed by atoms with Crippen molar-refractivity contribution in [3.63, 3.8) is 0 Å². The second-order valence-corrected chi connectivity index (χ2v) is 9.23. The zero-order valence-electron chi connectivity index (χ0n) is 22.3. The molecule has 2 atom stereocenters. The first-order valence-electron chi connectivity index (χ1n) is 12.3. The summed E-state index contributed by atoms with van der Waals surface area (Å²) in [6, 6.07) is 25.8. The number of amides is 1. The summed E-state index contributed by atoms with van der Waals surface area (Å²) in [6.07, 6.45) is 2.00. The molecule has 8 nitrogen and oxygen atoms in total. The van der Waals surface area contributed by atoms with Crippen LogP contribution in [0.15, 0.2) is 83.4 Å². The molecule has 0 aliphatic carbocycles. The van der Waals surface area contributed by atoms with E-state index in [1.807, 2.05) is 61.5 Å². The second kappa shape index (κ2) is 13.6. The van der Waals surface area contributed by atoms with Gasteiger partial charge in [0.05, 0.1) is 0 Å². The Morgan fingerprint density at radius 2 is 1.64 bits per heavy atom. The van der Waals surface area contributed by atoms with Gasteiger partial charge >= 0.3 is 35.7 Å². The van der Waals surface area contributed by atoms with Crippen LogP contribution in [0.4, 0.5) is 16.2 Å². The first-order chi connectivity index (χ1) is 18.0. The minimum absolute atomic E-state index is 0. The quantitative estimate of drug-likeness (QED) is 0.286. The molecule has 0 unspecified atom stereocenters. The predicted octanol–water partition coefficient (Wildman–Crippen LogP) is 3.39. The monoisotopic (exact) mass is 534 g/mol. The smallest absolute Gasteiger partial charge is 0.870 e. The summed E-state index contributed by atoms with van der Waals surface area (Å²) in [6.45, 7) is 5.20. The van der Waals surface area contributed by atoms with Gasteiger partial charge in [0.15, 0.2) is 5.76 Å². The van der Waals surface area contributed by atoms with Crippen LogP contribution < -0.4 is 39.8 Å². The molecule has 0 saturated carbocycles. The molecule has 2 N–H and O–H groups in total. The average molecular weight is 535 g/mol. The minimum atomic E-state index is -0.573. The van der Waals surface area contributed by atoms with Crippen LogP contribution in [0, 0.1) is 12.8 Å². The van der Waals surface area contributed by atoms with Crippen molar-refractivity contribution in [1.82, 2.24) is 5.16 Å². The van der Waals surface area contributed by atoms with E-state index < -0.39 is 12.2 Å². The molecule has 1 aliphatic heterocycles. The molecular weight excluding hydrogens is 505 g/mol. The van der Waals surface area contributed by atoms with Gasteiger partial charge in [-0.1, -0.05) is 78.3 Å². The van der Waals surface area contributed by atoms with Crippen molar-refractivity contribution in [3.8, 4) is 22.5 Å². The molecule has 4 aromatic rings. The molecule has 1 aromatic heterocycles. The molecule has 1 saturated heterocycles. The number of hydrogen-bond donors (Lipinski definition) is 1. The molecule has 196 valence electrons. The van der Waals surface area contributed by atoms with E-state index in [0.717, 1.165) is 47.5 Å². The average Bonchev–Trinajstić information content (AvgIpc) is 3.56. The van der Waals surface area contributed by atoms with Crippen LogP contribution in [0.2, 0.25) is 0 Å². The number of anilines is 2. The zero-order valence-corrected chi connectivity index (χ0v) is 24.3. The summed E-state index contributed by atoms with van der Waals surface area (Å²) in [5, 5.41) is 6.85. The first-order valence-corrected chi connectivity index (χ1v) is 12.3. The summed E-state index contributed by atoms with van der Waals surface area (Å²) in [5.41, 5.74) is 6.00. The number of carbonyl (C=O) groups is 1. The third-order valence-electron chi connectivity index (χ3n) is 6.71. The number of hydrogen-bond acceptors (Lipinski definition) is 7. The van der Waals surface area contributed by atoms with Crippen LogP contribution in [0.5, 0.6) is 0 Å². The molecular formula is C30H29N3NaO5-. The Labute approximate surface area is 249 Å². The van der Waals surface area contributed by atoms with Crippen LogP contribution in [0.1, 0.15) is 30.7 Å². The third kappa shape index (κ3) is 6.96. The van der Waals surface area contributed by atoms with E-state index in [1.165, 1.54) is 0 Å². The topological polar surface area (TPSA) is 115 Å². The van der Waals surface area contributed by atoms with Crippen LogP contribution in [0.3, 0.4) is 0 Å². The molecule has 0 bridgehead atoms. The van der Waals surface area contributed by atoms with Gasteiger partial charge in [-0.2, -0.15) is 0 Å². The number of nitrogens with zero attached hydrogens (tertiary/aromatic N) is 2. The van der Waals surface area contributed by atoms with Crippen LogP contribution in [0.25, 0.3) is 22.5 Å². The van der Waals surface area contributed by atoms with Gasteiger partial charge in [0.1, 0.15) is 17.5 Å². The number of carbonyl (C=O) groups excluding carboxylic acids is 2. The maximum absolute atomic E-state index is 12.6. The van der Waals surface area contributed by atoms with Crippen LogP contribution >= 0.6 is 0 Å². The molecule has 39 heavy (non-hydrogen) atoms. The Morgan fingerprint density at radius 3 is 2.26 bits per heavy atom. The summed E-state index contributed by atoms with van der Waals surface area (Å²) >= 11 is 0. The van der Waals surface area contributed by atoms with E-state index in [0.29, 0.717) is 17.1 Å². The fraction of sp³-hybridized carbons (Fsp3) is 0.233. The summed E-state index contributed by atoms with van der Waals surface area (Å²) < 4.78 is 11.1. The van der Waals surface area contributed by atoms with Crippen molar-refractivity contribution in [2.24, 2.45) is 5.92 Å². The number of nitrogens with one attached hydrogen (secondary N) is 1. The molecule has 5 rings (SSSR count). The molecule has 1 amide bonds. The maximum Gasteiger partial charge on any atom is 1.00 e. The van der Waals surface area contributed by atoms with E-state index >= 15 is 0 Å². The minimum Gasteiger partial charge on any atom is -0.870 e. The van der Waals surface area contributed by atoms with E-state index in [1.54, 1.807) is 6.92 Å². The standard InChI is InChI=1S/C30H28N3O4.Na.H2O/c1-20-28(31-30(35)36-21(2)23-6-4-3-5-7-23)29(37-32-20)26-10-8-24(9-11-26)25-12-14-27(15-13-25)33-17-16-22(18-33)19-34;;/h3-15,21-22H,16-18H2,1-2H3,(H,31,35);;1H2/q-1;+1;/p-1/t21-,22-;;/m1../s1. The van der Waals surface area contributed by atoms with Crippen molar-refractivity contribution >= 4 is 23.8 Å². The van der Waals surface area contributed by atoms with Gasteiger partial charge in [-0.15, -0.1) is 5.92 Å². The molecule has 0 radical (unpaired) electrons. The van der Waals surface area contributed by atoms with E-state index in [9.17, 15) is 9.59 Å². The zero-order chi connectivity index (χ0) is 25.8. The van der Waals surface area contributed by atoms with Crippen molar-refractivity contribution < 1.29 is 53.9 Å². The summed E-state index contributed by atoms with van der Waals surface area (Å²) in [4.78, 5) is 25.8. The molecule has 0 spiro atoms. The number of ether oxygens (including phenoxy) is 1. The van der Waals surface area contributed by atoms with Crippen molar-refractivity contribution in [3.05, 3.63) is 90.1 Å². The van der Waals surface area contributed by atoms with Crippen molar-refractivity contribution in [2.75, 3.05) is 23.3 Å². The van der Waals surface area contributed by atoms with Crippen molar-refractivity contribution in [1.29, 1.82) is 0 Å².